The summed E-state index contributed by atoms with van der Waals surface area (Å²) in [5, 5.41) is 11.6. The van der Waals surface area contributed by atoms with Crippen molar-refractivity contribution in [3.05, 3.63) is 53.3 Å². The van der Waals surface area contributed by atoms with Crippen LogP contribution in [-0.2, 0) is 29.5 Å². The van der Waals surface area contributed by atoms with E-state index in [2.05, 4.69) is 47.4 Å². The summed E-state index contributed by atoms with van der Waals surface area (Å²) in [6, 6.07) is 11.0. The normalized spacial score (nSPS) is 19.0. The first-order valence-electron chi connectivity index (χ1n) is 9.92. The van der Waals surface area contributed by atoms with Crippen LogP contribution in [0.15, 0.2) is 36.5 Å². The average Bonchev–Trinajstić information content (AvgIpc) is 3.45. The minimum atomic E-state index is -5.08. The molecule has 2 aliphatic rings. The maximum atomic E-state index is 10.6. The second kappa shape index (κ2) is 9.61. The van der Waals surface area contributed by atoms with Gasteiger partial charge in [-0.25, -0.2) is 4.79 Å². The number of aryl methyl sites for hydroxylation is 1. The number of halogens is 3. The number of aromatic nitrogens is 2. The first-order valence-corrected chi connectivity index (χ1v) is 9.92. The van der Waals surface area contributed by atoms with Gasteiger partial charge in [0.2, 0.25) is 0 Å². The summed E-state index contributed by atoms with van der Waals surface area (Å²) in [7, 11) is 2.05. The van der Waals surface area contributed by atoms with Crippen molar-refractivity contribution in [2.75, 3.05) is 19.8 Å². The quantitative estimate of drug-likeness (QED) is 0.766. The zero-order valence-electron chi connectivity index (χ0n) is 16.8. The molecule has 1 saturated carbocycles. The molecule has 1 fully saturated rings. The molecule has 0 amide bonds. The smallest absolute Gasteiger partial charge is 0.475 e. The Morgan fingerprint density at radius 2 is 1.90 bits per heavy atom. The van der Waals surface area contributed by atoms with Crippen LogP contribution in [0.1, 0.15) is 35.7 Å². The Labute approximate surface area is 173 Å². The third-order valence-corrected chi connectivity index (χ3v) is 5.29. The van der Waals surface area contributed by atoms with Gasteiger partial charge in [0.15, 0.2) is 0 Å². The number of nitrogens with zero attached hydrogens (tertiary/aromatic N) is 3. The van der Waals surface area contributed by atoms with Crippen LogP contribution in [0, 0.1) is 5.92 Å². The highest BCUT2D eigenvalue weighted by Gasteiger charge is 2.38. The zero-order valence-corrected chi connectivity index (χ0v) is 16.8. The molecule has 0 spiro atoms. The molecule has 1 unspecified atom stereocenters. The molecule has 2 aromatic rings. The highest BCUT2D eigenvalue weighted by atomic mass is 19.4. The Morgan fingerprint density at radius 1 is 1.23 bits per heavy atom. The fourth-order valence-electron chi connectivity index (χ4n) is 3.53. The number of aliphatic carboxylic acids is 1. The molecular weight excluding hydrogens is 399 g/mol. The molecule has 2 heterocycles. The van der Waals surface area contributed by atoms with Gasteiger partial charge in [-0.05, 0) is 36.3 Å². The second-order valence-electron chi connectivity index (χ2n) is 7.68. The minimum Gasteiger partial charge on any atom is -0.475 e. The predicted molar refractivity (Wildman–Crippen MR) is 104 cm³/mol. The van der Waals surface area contributed by atoms with Crippen molar-refractivity contribution >= 4 is 5.97 Å². The Morgan fingerprint density at radius 3 is 2.50 bits per heavy atom. The molecule has 6 nitrogen and oxygen atoms in total. The lowest BCUT2D eigenvalue weighted by atomic mass is 9.99. The van der Waals surface area contributed by atoms with Crippen molar-refractivity contribution in [2.24, 2.45) is 13.0 Å². The summed E-state index contributed by atoms with van der Waals surface area (Å²) in [4.78, 5) is 11.4. The van der Waals surface area contributed by atoms with Gasteiger partial charge >= 0.3 is 12.1 Å². The summed E-state index contributed by atoms with van der Waals surface area (Å²) in [6.07, 6.45) is 0.711. The number of carboxylic acids is 1. The molecule has 1 aromatic heterocycles. The van der Waals surface area contributed by atoms with Crippen molar-refractivity contribution in [3.8, 4) is 0 Å². The first-order chi connectivity index (χ1) is 14.3. The van der Waals surface area contributed by atoms with Gasteiger partial charge in [0, 0.05) is 26.7 Å². The van der Waals surface area contributed by atoms with E-state index in [1.54, 1.807) is 0 Å². The van der Waals surface area contributed by atoms with Gasteiger partial charge in [-0.3, -0.25) is 9.58 Å². The Balaban J connectivity index is 0.000000318. The van der Waals surface area contributed by atoms with Gasteiger partial charge in [0.25, 0.3) is 0 Å². The Kier molecular flexibility index (Phi) is 7.14. The fraction of sp³-hybridized carbons (Fsp3) is 0.524. The summed E-state index contributed by atoms with van der Waals surface area (Å²) in [5.41, 5.74) is 4.09. The topological polar surface area (TPSA) is 67.6 Å². The maximum Gasteiger partial charge on any atom is 0.490 e. The predicted octanol–water partition coefficient (Wildman–Crippen LogP) is 3.58. The third kappa shape index (κ3) is 6.06. The number of benzene rings is 1. The van der Waals surface area contributed by atoms with Crippen LogP contribution in [0.25, 0.3) is 0 Å². The second-order valence-corrected chi connectivity index (χ2v) is 7.68. The van der Waals surface area contributed by atoms with E-state index in [4.69, 9.17) is 14.6 Å². The van der Waals surface area contributed by atoms with Gasteiger partial charge in [-0.1, -0.05) is 30.3 Å². The number of ether oxygens (including phenoxy) is 1. The van der Waals surface area contributed by atoms with Gasteiger partial charge in [-0.15, -0.1) is 0 Å². The van der Waals surface area contributed by atoms with E-state index in [1.165, 1.54) is 29.7 Å². The molecule has 1 aliphatic carbocycles. The van der Waals surface area contributed by atoms with Gasteiger partial charge in [0.1, 0.15) is 0 Å². The Bertz CT molecular complexity index is 835. The fourth-order valence-corrected chi connectivity index (χ4v) is 3.53. The molecule has 4 rings (SSSR count). The third-order valence-electron chi connectivity index (χ3n) is 5.29. The van der Waals surface area contributed by atoms with Crippen LogP contribution in [0.2, 0.25) is 0 Å². The van der Waals surface area contributed by atoms with E-state index in [-0.39, 0.29) is 0 Å². The van der Waals surface area contributed by atoms with E-state index in [1.807, 2.05) is 10.9 Å². The van der Waals surface area contributed by atoms with Crippen molar-refractivity contribution in [3.63, 3.8) is 0 Å². The first kappa shape index (κ1) is 22.3. The van der Waals surface area contributed by atoms with E-state index >= 15 is 0 Å². The molecule has 1 atom stereocenters. The molecule has 164 valence electrons. The van der Waals surface area contributed by atoms with Crippen LogP contribution in [0.4, 0.5) is 13.2 Å². The van der Waals surface area contributed by atoms with Crippen LogP contribution in [-0.4, -0.2) is 51.7 Å². The van der Waals surface area contributed by atoms with E-state index in [9.17, 15) is 13.2 Å². The van der Waals surface area contributed by atoms with Crippen LogP contribution >= 0.6 is 0 Å². The number of hydrogen-bond donors (Lipinski definition) is 1. The number of carboxylic acid groups (broad SMARTS) is 1. The van der Waals surface area contributed by atoms with E-state index in [0.717, 1.165) is 38.6 Å². The number of rotatable bonds is 6. The maximum absolute atomic E-state index is 10.6. The van der Waals surface area contributed by atoms with Crippen molar-refractivity contribution in [1.82, 2.24) is 14.7 Å². The number of fused-ring (bicyclic) bond motifs is 1. The lowest BCUT2D eigenvalue weighted by Gasteiger charge is -2.36. The minimum absolute atomic E-state index is 0.310. The van der Waals surface area contributed by atoms with Crippen molar-refractivity contribution in [1.29, 1.82) is 0 Å². The Hall–Kier alpha value is -2.39. The summed E-state index contributed by atoms with van der Waals surface area (Å²) in [6.45, 7) is 3.74. The van der Waals surface area contributed by atoms with Gasteiger partial charge in [0.05, 0.1) is 24.5 Å². The summed E-state index contributed by atoms with van der Waals surface area (Å²) < 4.78 is 39.8. The number of hydrogen-bond acceptors (Lipinski definition) is 4. The summed E-state index contributed by atoms with van der Waals surface area (Å²) in [5.74, 6) is -1.94. The SMILES string of the molecule is Cn1ncc2c1C(COCC1CC1)N(Cc1ccccc1)CC2.O=C(O)C(F)(F)F. The monoisotopic (exact) mass is 425 g/mol. The highest BCUT2D eigenvalue weighted by Crippen LogP contribution is 2.33. The lowest BCUT2D eigenvalue weighted by Crippen LogP contribution is -2.38. The van der Waals surface area contributed by atoms with Crippen LogP contribution in [0.3, 0.4) is 0 Å². The lowest BCUT2D eigenvalue weighted by molar-refractivity contribution is -0.192. The molecule has 1 N–H and O–H groups in total. The molecule has 1 aromatic carbocycles. The van der Waals surface area contributed by atoms with E-state index in [0.29, 0.717) is 6.04 Å². The molecular formula is C21H26F3N3O3. The van der Waals surface area contributed by atoms with E-state index < -0.39 is 12.1 Å². The molecule has 1 aliphatic heterocycles. The number of carbonyl (C=O) groups is 1. The largest absolute Gasteiger partial charge is 0.490 e. The number of alkyl halides is 3. The molecule has 9 heteroatoms. The van der Waals surface area contributed by atoms with Crippen molar-refractivity contribution < 1.29 is 27.8 Å². The van der Waals surface area contributed by atoms with Gasteiger partial charge in [-0.2, -0.15) is 18.3 Å². The molecule has 0 bridgehead atoms. The standard InChI is InChI=1S/C19H25N3O.C2HF3O2/c1-21-19-17(11-20-21)9-10-22(12-15-5-3-2-4-6-15)18(19)14-23-13-16-7-8-16;3-2(4,5)1(6)7/h2-6,11,16,18H,7-10,12-14H2,1H3;(H,6,7). The molecule has 0 saturated heterocycles. The van der Waals surface area contributed by atoms with Crippen LogP contribution < -0.4 is 0 Å². The molecule has 30 heavy (non-hydrogen) atoms. The van der Waals surface area contributed by atoms with Crippen molar-refractivity contribution in [2.45, 2.75) is 38.0 Å². The van der Waals surface area contributed by atoms with Gasteiger partial charge < -0.3 is 9.84 Å². The average molecular weight is 425 g/mol. The zero-order chi connectivity index (χ0) is 21.7. The highest BCUT2D eigenvalue weighted by molar-refractivity contribution is 5.73. The van der Waals surface area contributed by atoms with Crippen LogP contribution in [0.5, 0.6) is 0 Å². The summed E-state index contributed by atoms with van der Waals surface area (Å²) >= 11 is 0. The molecule has 0 radical (unpaired) electrons.